The minimum Gasteiger partial charge on any atom is -0.489 e. The quantitative estimate of drug-likeness (QED) is 0.833. The van der Waals surface area contributed by atoms with E-state index in [1.54, 1.807) is 12.1 Å². The Kier molecular flexibility index (Phi) is 5.60. The second-order valence-electron chi connectivity index (χ2n) is 5.62. The number of rotatable bonds is 6. The van der Waals surface area contributed by atoms with Crippen molar-refractivity contribution < 1.29 is 9.13 Å². The third-order valence-electron chi connectivity index (χ3n) is 2.57. The molecule has 0 aromatic heterocycles. The van der Waals surface area contributed by atoms with Gasteiger partial charge in [0.15, 0.2) is 0 Å². The molecule has 1 unspecified atom stereocenters. The van der Waals surface area contributed by atoms with Gasteiger partial charge in [-0.1, -0.05) is 19.4 Å². The van der Waals surface area contributed by atoms with Gasteiger partial charge in [-0.05, 0) is 39.3 Å². The SMILES string of the molecule is CCCC(CNC(C)(C)C)Oc1cccc(F)c1. The first-order chi connectivity index (χ1) is 8.40. The van der Waals surface area contributed by atoms with Crippen LogP contribution in [0, 0.1) is 5.82 Å². The van der Waals surface area contributed by atoms with Gasteiger partial charge in [0, 0.05) is 18.2 Å². The molecule has 0 bridgehead atoms. The molecule has 1 rings (SSSR count). The Morgan fingerprint density at radius 1 is 1.33 bits per heavy atom. The van der Waals surface area contributed by atoms with Gasteiger partial charge in [0.2, 0.25) is 0 Å². The van der Waals surface area contributed by atoms with E-state index in [0.29, 0.717) is 5.75 Å². The molecule has 0 saturated heterocycles. The van der Waals surface area contributed by atoms with Crippen molar-refractivity contribution in [3.8, 4) is 5.75 Å². The number of hydrogen-bond donors (Lipinski definition) is 1. The molecule has 0 aliphatic carbocycles. The van der Waals surface area contributed by atoms with Crippen LogP contribution in [0.2, 0.25) is 0 Å². The van der Waals surface area contributed by atoms with Crippen molar-refractivity contribution in [3.05, 3.63) is 30.1 Å². The van der Waals surface area contributed by atoms with Crippen LogP contribution in [0.3, 0.4) is 0 Å². The zero-order valence-electron chi connectivity index (χ0n) is 11.8. The van der Waals surface area contributed by atoms with Crippen LogP contribution in [0.4, 0.5) is 4.39 Å². The molecule has 0 saturated carbocycles. The van der Waals surface area contributed by atoms with Gasteiger partial charge < -0.3 is 10.1 Å². The van der Waals surface area contributed by atoms with Crippen LogP contribution in [0.25, 0.3) is 0 Å². The minimum atomic E-state index is -0.258. The number of hydrogen-bond acceptors (Lipinski definition) is 2. The highest BCUT2D eigenvalue weighted by molar-refractivity contribution is 5.22. The highest BCUT2D eigenvalue weighted by Gasteiger charge is 2.15. The molecule has 18 heavy (non-hydrogen) atoms. The van der Waals surface area contributed by atoms with Crippen molar-refractivity contribution in [2.45, 2.75) is 52.2 Å². The van der Waals surface area contributed by atoms with E-state index in [1.807, 2.05) is 0 Å². The topological polar surface area (TPSA) is 21.3 Å². The molecule has 0 heterocycles. The van der Waals surface area contributed by atoms with Gasteiger partial charge in [-0.2, -0.15) is 0 Å². The van der Waals surface area contributed by atoms with Gasteiger partial charge in [-0.25, -0.2) is 4.39 Å². The fourth-order valence-corrected chi connectivity index (χ4v) is 1.68. The van der Waals surface area contributed by atoms with Crippen LogP contribution in [0.1, 0.15) is 40.5 Å². The average molecular weight is 253 g/mol. The van der Waals surface area contributed by atoms with Crippen LogP contribution in [0.5, 0.6) is 5.75 Å². The molecular weight excluding hydrogens is 229 g/mol. The molecule has 102 valence electrons. The van der Waals surface area contributed by atoms with Gasteiger partial charge in [0.1, 0.15) is 17.7 Å². The lowest BCUT2D eigenvalue weighted by Gasteiger charge is -2.26. The fraction of sp³-hybridized carbons (Fsp3) is 0.600. The van der Waals surface area contributed by atoms with E-state index in [1.165, 1.54) is 12.1 Å². The number of halogens is 1. The Labute approximate surface area is 110 Å². The summed E-state index contributed by atoms with van der Waals surface area (Å²) in [4.78, 5) is 0. The largest absolute Gasteiger partial charge is 0.489 e. The zero-order valence-corrected chi connectivity index (χ0v) is 11.8. The predicted octanol–water partition coefficient (Wildman–Crippen LogP) is 3.76. The maximum Gasteiger partial charge on any atom is 0.126 e. The van der Waals surface area contributed by atoms with Crippen molar-refractivity contribution in [1.29, 1.82) is 0 Å². The van der Waals surface area contributed by atoms with Gasteiger partial charge in [-0.15, -0.1) is 0 Å². The third-order valence-corrected chi connectivity index (χ3v) is 2.57. The summed E-state index contributed by atoms with van der Waals surface area (Å²) in [5.74, 6) is 0.343. The zero-order chi connectivity index (χ0) is 13.6. The third kappa shape index (κ3) is 6.01. The smallest absolute Gasteiger partial charge is 0.126 e. The summed E-state index contributed by atoms with van der Waals surface area (Å²) in [5.41, 5.74) is 0.0668. The van der Waals surface area contributed by atoms with Crippen molar-refractivity contribution >= 4 is 0 Å². The van der Waals surface area contributed by atoms with Crippen LogP contribution >= 0.6 is 0 Å². The maximum atomic E-state index is 13.1. The summed E-state index contributed by atoms with van der Waals surface area (Å²) < 4.78 is 18.9. The molecule has 0 radical (unpaired) electrons. The minimum absolute atomic E-state index is 0.0668. The second-order valence-corrected chi connectivity index (χ2v) is 5.62. The molecule has 0 aliphatic rings. The molecule has 1 N–H and O–H groups in total. The van der Waals surface area contributed by atoms with E-state index >= 15 is 0 Å². The summed E-state index contributed by atoms with van der Waals surface area (Å²) in [6.45, 7) is 9.27. The summed E-state index contributed by atoms with van der Waals surface area (Å²) in [6, 6.07) is 6.32. The lowest BCUT2D eigenvalue weighted by atomic mass is 10.1. The van der Waals surface area contributed by atoms with Crippen LogP contribution in [0.15, 0.2) is 24.3 Å². The normalized spacial score (nSPS) is 13.4. The number of benzene rings is 1. The second kappa shape index (κ2) is 6.74. The first kappa shape index (κ1) is 15.0. The molecule has 1 atom stereocenters. The van der Waals surface area contributed by atoms with Gasteiger partial charge in [0.25, 0.3) is 0 Å². The van der Waals surface area contributed by atoms with Crippen molar-refractivity contribution in [2.24, 2.45) is 0 Å². The number of nitrogens with one attached hydrogen (secondary N) is 1. The van der Waals surface area contributed by atoms with Crippen LogP contribution in [-0.2, 0) is 0 Å². The lowest BCUT2D eigenvalue weighted by molar-refractivity contribution is 0.174. The van der Waals surface area contributed by atoms with E-state index < -0.39 is 0 Å². The standard InChI is InChI=1S/C15H24FNO/c1-5-7-14(11-17-15(2,3)4)18-13-9-6-8-12(16)10-13/h6,8-10,14,17H,5,7,11H2,1-4H3. The molecule has 1 aromatic carbocycles. The van der Waals surface area contributed by atoms with Gasteiger partial charge >= 0.3 is 0 Å². The van der Waals surface area contributed by atoms with Crippen molar-refractivity contribution in [1.82, 2.24) is 5.32 Å². The average Bonchev–Trinajstić information content (AvgIpc) is 2.25. The first-order valence-corrected chi connectivity index (χ1v) is 6.58. The molecule has 0 amide bonds. The Bertz CT molecular complexity index is 360. The molecule has 3 heteroatoms. The van der Waals surface area contributed by atoms with Crippen LogP contribution < -0.4 is 10.1 Å². The van der Waals surface area contributed by atoms with E-state index in [4.69, 9.17) is 4.74 Å². The van der Waals surface area contributed by atoms with E-state index in [2.05, 4.69) is 33.0 Å². The summed E-state index contributed by atoms with van der Waals surface area (Å²) in [5, 5.41) is 3.42. The molecular formula is C15H24FNO. The van der Waals surface area contributed by atoms with Crippen LogP contribution in [-0.4, -0.2) is 18.2 Å². The predicted molar refractivity (Wildman–Crippen MR) is 73.5 cm³/mol. The van der Waals surface area contributed by atoms with Gasteiger partial charge in [0.05, 0.1) is 0 Å². The van der Waals surface area contributed by atoms with Crippen molar-refractivity contribution in [2.75, 3.05) is 6.54 Å². The molecule has 2 nitrogen and oxygen atoms in total. The maximum absolute atomic E-state index is 13.1. The summed E-state index contributed by atoms with van der Waals surface area (Å²) in [7, 11) is 0. The van der Waals surface area contributed by atoms with E-state index in [0.717, 1.165) is 19.4 Å². The molecule has 0 fully saturated rings. The Hall–Kier alpha value is -1.09. The Morgan fingerprint density at radius 2 is 2.06 bits per heavy atom. The van der Waals surface area contributed by atoms with Gasteiger partial charge in [-0.3, -0.25) is 0 Å². The highest BCUT2D eigenvalue weighted by Crippen LogP contribution is 2.16. The monoisotopic (exact) mass is 253 g/mol. The molecule has 1 aromatic rings. The van der Waals surface area contributed by atoms with E-state index in [9.17, 15) is 4.39 Å². The molecule has 0 aliphatic heterocycles. The van der Waals surface area contributed by atoms with E-state index in [-0.39, 0.29) is 17.5 Å². The lowest BCUT2D eigenvalue weighted by Crippen LogP contribution is -2.42. The Morgan fingerprint density at radius 3 is 2.61 bits per heavy atom. The summed E-state index contributed by atoms with van der Waals surface area (Å²) in [6.07, 6.45) is 2.09. The molecule has 0 spiro atoms. The fourth-order valence-electron chi connectivity index (χ4n) is 1.68. The highest BCUT2D eigenvalue weighted by atomic mass is 19.1. The first-order valence-electron chi connectivity index (χ1n) is 6.58. The number of ether oxygens (including phenoxy) is 1. The summed E-state index contributed by atoms with van der Waals surface area (Å²) >= 11 is 0. The Balaban J connectivity index is 2.57. The van der Waals surface area contributed by atoms with Crippen molar-refractivity contribution in [3.63, 3.8) is 0 Å².